The van der Waals surface area contributed by atoms with Crippen LogP contribution in [0.25, 0.3) is 0 Å². The molecule has 2 aliphatic rings. The number of nitrogens with one attached hydrogen (secondary N) is 1. The van der Waals surface area contributed by atoms with Crippen LogP contribution < -0.4 is 15.1 Å². The lowest BCUT2D eigenvalue weighted by atomic mass is 10.0. The first kappa shape index (κ1) is 24.7. The van der Waals surface area contributed by atoms with Gasteiger partial charge in [0.1, 0.15) is 11.9 Å². The number of para-hydroxylation sites is 1. The van der Waals surface area contributed by atoms with Gasteiger partial charge in [-0.3, -0.25) is 14.5 Å². The van der Waals surface area contributed by atoms with Crippen molar-refractivity contribution in [1.29, 1.82) is 0 Å². The lowest BCUT2D eigenvalue weighted by molar-refractivity contribution is -0.121. The number of nitrogens with zero attached hydrogens (tertiary/aromatic N) is 2. The van der Waals surface area contributed by atoms with Crippen molar-refractivity contribution in [2.45, 2.75) is 18.9 Å². The minimum Gasteiger partial charge on any atom is -0.442 e. The Balaban J connectivity index is 1.30. The number of morpholine rings is 1. The third-order valence-corrected chi connectivity index (χ3v) is 6.20. The Hall–Kier alpha value is -3.37. The van der Waals surface area contributed by atoms with Gasteiger partial charge in [0.2, 0.25) is 5.91 Å². The van der Waals surface area contributed by atoms with Crippen LogP contribution in [0.1, 0.15) is 28.8 Å². The van der Waals surface area contributed by atoms with Gasteiger partial charge in [0.25, 0.3) is 0 Å². The third kappa shape index (κ3) is 6.01. The van der Waals surface area contributed by atoms with Gasteiger partial charge in [-0.15, -0.1) is 0 Å². The van der Waals surface area contributed by atoms with Gasteiger partial charge < -0.3 is 19.7 Å². The maximum Gasteiger partial charge on any atom is 0.414 e. The molecule has 0 unspecified atom stereocenters. The molecule has 8 nitrogen and oxygen atoms in total. The van der Waals surface area contributed by atoms with E-state index in [2.05, 4.69) is 5.32 Å². The van der Waals surface area contributed by atoms with Crippen molar-refractivity contribution >= 4 is 46.7 Å². The van der Waals surface area contributed by atoms with E-state index in [0.29, 0.717) is 43.2 Å². The van der Waals surface area contributed by atoms with Crippen LogP contribution in [0.15, 0.2) is 42.5 Å². The highest BCUT2D eigenvalue weighted by atomic mass is 32.1. The van der Waals surface area contributed by atoms with Gasteiger partial charge in [-0.05, 0) is 17.7 Å². The lowest BCUT2D eigenvalue weighted by Crippen LogP contribution is -2.39. The van der Waals surface area contributed by atoms with Crippen molar-refractivity contribution in [3.05, 3.63) is 59.4 Å². The topological polar surface area (TPSA) is 88.2 Å². The Bertz CT molecular complexity index is 1100. The Kier molecular flexibility index (Phi) is 8.04. The molecule has 2 saturated heterocycles. The molecule has 0 radical (unpaired) electrons. The highest BCUT2D eigenvalue weighted by molar-refractivity contribution is 7.79. The van der Waals surface area contributed by atoms with E-state index in [1.54, 1.807) is 36.4 Å². The standard InChI is InChI=1S/C25H26FN3O5S/c26-20-2-1-3-21(24(20)28-10-12-33-13-11-28)29-15-19(34-25(29)32)14-27-23(31)9-8-22(30)18-6-4-17(16-35)5-7-18/h1-7,16,19H,8-15H2,(H,27,31)/t19-/m0/s1. The average Bonchev–Trinajstić information content (AvgIpc) is 3.26. The summed E-state index contributed by atoms with van der Waals surface area (Å²) in [5, 5.41) is 4.24. The molecule has 0 saturated carbocycles. The predicted molar refractivity (Wildman–Crippen MR) is 133 cm³/mol. The fraction of sp³-hybridized carbons (Fsp3) is 0.360. The smallest absolute Gasteiger partial charge is 0.414 e. The first-order valence-corrected chi connectivity index (χ1v) is 11.9. The van der Waals surface area contributed by atoms with Crippen LogP contribution in [0.2, 0.25) is 0 Å². The number of anilines is 2. The lowest BCUT2D eigenvalue weighted by Gasteiger charge is -2.32. The van der Waals surface area contributed by atoms with Crippen molar-refractivity contribution in [2.24, 2.45) is 0 Å². The normalized spacial score (nSPS) is 17.7. The third-order valence-electron chi connectivity index (χ3n) is 5.93. The number of halogens is 1. The summed E-state index contributed by atoms with van der Waals surface area (Å²) >= 11 is 4.85. The van der Waals surface area contributed by atoms with Gasteiger partial charge in [-0.2, -0.15) is 0 Å². The first-order valence-electron chi connectivity index (χ1n) is 11.4. The van der Waals surface area contributed by atoms with Crippen molar-refractivity contribution in [2.75, 3.05) is 49.2 Å². The fourth-order valence-electron chi connectivity index (χ4n) is 4.08. The second kappa shape index (κ2) is 11.4. The predicted octanol–water partition coefficient (Wildman–Crippen LogP) is 3.11. The summed E-state index contributed by atoms with van der Waals surface area (Å²) in [4.78, 5) is 40.4. The quantitative estimate of drug-likeness (QED) is 0.419. The number of Topliss-reactive ketones (excluding diaryl/α,β-unsaturated/α-hetero) is 1. The molecule has 10 heteroatoms. The number of hydrogen-bond donors (Lipinski definition) is 1. The van der Waals surface area contributed by atoms with E-state index in [4.69, 9.17) is 21.7 Å². The van der Waals surface area contributed by atoms with Gasteiger partial charge in [-0.25, -0.2) is 9.18 Å². The van der Waals surface area contributed by atoms with Gasteiger partial charge in [0.15, 0.2) is 5.78 Å². The second-order valence-electron chi connectivity index (χ2n) is 8.29. The highest BCUT2D eigenvalue weighted by Crippen LogP contribution is 2.35. The molecule has 0 spiro atoms. The summed E-state index contributed by atoms with van der Waals surface area (Å²) in [5.41, 5.74) is 2.13. The average molecular weight is 500 g/mol. The van der Waals surface area contributed by atoms with Crippen molar-refractivity contribution in [1.82, 2.24) is 5.32 Å². The van der Waals surface area contributed by atoms with Crippen molar-refractivity contribution in [3.8, 4) is 0 Å². The van der Waals surface area contributed by atoms with Crippen molar-refractivity contribution < 1.29 is 28.2 Å². The molecule has 2 fully saturated rings. The van der Waals surface area contributed by atoms with Crippen LogP contribution in [0, 0.1) is 5.82 Å². The van der Waals surface area contributed by atoms with E-state index >= 15 is 0 Å². The number of cyclic esters (lactones) is 1. The summed E-state index contributed by atoms with van der Waals surface area (Å²) in [6.45, 7) is 2.27. The minimum atomic E-state index is -0.598. The van der Waals surface area contributed by atoms with Crippen LogP contribution in [-0.4, -0.2) is 68.6 Å². The molecule has 2 aromatic carbocycles. The molecule has 0 aromatic heterocycles. The van der Waals surface area contributed by atoms with E-state index in [0.717, 1.165) is 5.56 Å². The number of benzene rings is 2. The Morgan fingerprint density at radius 2 is 1.86 bits per heavy atom. The summed E-state index contributed by atoms with van der Waals surface area (Å²) in [7, 11) is 0. The number of rotatable bonds is 9. The number of ketones is 1. The van der Waals surface area contributed by atoms with E-state index in [-0.39, 0.29) is 37.6 Å². The molecule has 4 rings (SSSR count). The Morgan fingerprint density at radius 1 is 1.11 bits per heavy atom. The monoisotopic (exact) mass is 499 g/mol. The number of ether oxygens (including phenoxy) is 2. The van der Waals surface area contributed by atoms with Crippen LogP contribution in [0.5, 0.6) is 0 Å². The Morgan fingerprint density at radius 3 is 2.57 bits per heavy atom. The van der Waals surface area contributed by atoms with Crippen LogP contribution in [0.3, 0.4) is 0 Å². The number of thiocarbonyl (C=S) groups is 1. The van der Waals surface area contributed by atoms with E-state index < -0.39 is 18.0 Å². The Labute approximate surface area is 208 Å². The molecule has 1 atom stereocenters. The molecule has 2 heterocycles. The SMILES string of the molecule is O=C(CCC(=O)c1ccc(C=S)cc1)NC[C@H]1CN(c2cccc(F)c2N2CCOCC2)C(=O)O1. The van der Waals surface area contributed by atoms with Gasteiger partial charge in [0, 0.05) is 36.9 Å². The zero-order valence-electron chi connectivity index (χ0n) is 19.1. The number of hydrogen-bond acceptors (Lipinski definition) is 7. The summed E-state index contributed by atoms with van der Waals surface area (Å²) in [6, 6.07) is 11.5. The molecule has 2 amide bonds. The van der Waals surface area contributed by atoms with E-state index in [9.17, 15) is 18.8 Å². The second-order valence-corrected chi connectivity index (χ2v) is 8.53. The van der Waals surface area contributed by atoms with Gasteiger partial charge in [0.05, 0.1) is 37.7 Å². The molecule has 184 valence electrons. The largest absolute Gasteiger partial charge is 0.442 e. The number of carbonyl (C=O) groups excluding carboxylic acids is 3. The first-order chi connectivity index (χ1) is 17.0. The summed E-state index contributed by atoms with van der Waals surface area (Å²) in [5.74, 6) is -0.880. The molecule has 1 N–H and O–H groups in total. The fourth-order valence-corrected chi connectivity index (χ4v) is 4.24. The van der Waals surface area contributed by atoms with Crippen molar-refractivity contribution in [3.63, 3.8) is 0 Å². The molecule has 0 bridgehead atoms. The molecule has 35 heavy (non-hydrogen) atoms. The number of amides is 2. The van der Waals surface area contributed by atoms with Crippen LogP contribution in [0.4, 0.5) is 20.6 Å². The summed E-state index contributed by atoms with van der Waals surface area (Å²) < 4.78 is 25.5. The van der Waals surface area contributed by atoms with Gasteiger partial charge in [-0.1, -0.05) is 42.5 Å². The van der Waals surface area contributed by atoms with Crippen LogP contribution in [-0.2, 0) is 14.3 Å². The minimum absolute atomic E-state index is 0.0171. The molecular formula is C25H26FN3O5S. The summed E-state index contributed by atoms with van der Waals surface area (Å²) in [6.07, 6.45) is -1.11. The maximum atomic E-state index is 14.7. The zero-order chi connectivity index (χ0) is 24.8. The highest BCUT2D eigenvalue weighted by Gasteiger charge is 2.35. The molecule has 2 aromatic rings. The zero-order valence-corrected chi connectivity index (χ0v) is 19.9. The van der Waals surface area contributed by atoms with Gasteiger partial charge >= 0.3 is 6.09 Å². The molecule has 2 aliphatic heterocycles. The molecular weight excluding hydrogens is 473 g/mol. The maximum absolute atomic E-state index is 14.7. The number of carbonyl (C=O) groups is 3. The van der Waals surface area contributed by atoms with E-state index in [1.807, 2.05) is 4.90 Å². The van der Waals surface area contributed by atoms with E-state index in [1.165, 1.54) is 16.3 Å². The van der Waals surface area contributed by atoms with Crippen LogP contribution >= 0.6 is 12.2 Å². The molecule has 0 aliphatic carbocycles.